The highest BCUT2D eigenvalue weighted by atomic mass is 16.6. The second-order valence-electron chi connectivity index (χ2n) is 5.35. The third-order valence-electron chi connectivity index (χ3n) is 3.84. The summed E-state index contributed by atoms with van der Waals surface area (Å²) in [5.74, 6) is -1.70. The molecule has 0 aromatic heterocycles. The molecule has 0 aliphatic heterocycles. The fraction of sp³-hybridized carbons (Fsp3) is 0.533. The molecule has 0 saturated carbocycles. The van der Waals surface area contributed by atoms with Gasteiger partial charge in [-0.1, -0.05) is 33.1 Å². The van der Waals surface area contributed by atoms with Crippen molar-refractivity contribution in [1.82, 2.24) is 0 Å². The van der Waals surface area contributed by atoms with Crippen molar-refractivity contribution < 1.29 is 19.7 Å². The fourth-order valence-electron chi connectivity index (χ4n) is 2.68. The van der Waals surface area contributed by atoms with E-state index in [2.05, 4.69) is 0 Å². The van der Waals surface area contributed by atoms with Crippen LogP contribution < -0.4 is 0 Å². The van der Waals surface area contributed by atoms with Gasteiger partial charge >= 0.3 is 5.97 Å². The van der Waals surface area contributed by atoms with Crippen molar-refractivity contribution >= 4 is 17.3 Å². The topological polar surface area (TPSA) is 124 Å². The zero-order chi connectivity index (χ0) is 17.6. The Morgan fingerprint density at radius 2 is 1.83 bits per heavy atom. The number of benzene rings is 1. The summed E-state index contributed by atoms with van der Waals surface area (Å²) in [6, 6.07) is 1.76. The Morgan fingerprint density at radius 3 is 2.26 bits per heavy atom. The lowest BCUT2D eigenvalue weighted by molar-refractivity contribution is -0.394. The number of non-ortho nitro benzene ring substituents is 1. The molecule has 0 radical (unpaired) electrons. The largest absolute Gasteiger partial charge is 0.478 e. The van der Waals surface area contributed by atoms with Crippen LogP contribution in [-0.4, -0.2) is 20.9 Å². The molecule has 1 atom stereocenters. The second kappa shape index (κ2) is 8.21. The van der Waals surface area contributed by atoms with E-state index in [-0.39, 0.29) is 17.0 Å². The number of carbonyl (C=O) groups is 1. The van der Waals surface area contributed by atoms with Crippen molar-refractivity contribution in [2.75, 3.05) is 0 Å². The first-order chi connectivity index (χ1) is 10.8. The third kappa shape index (κ3) is 4.48. The normalized spacial score (nSPS) is 11.9. The van der Waals surface area contributed by atoms with E-state index < -0.39 is 27.2 Å². The van der Waals surface area contributed by atoms with Gasteiger partial charge in [-0.15, -0.1) is 0 Å². The van der Waals surface area contributed by atoms with Crippen LogP contribution in [0.15, 0.2) is 12.1 Å². The van der Waals surface area contributed by atoms with E-state index >= 15 is 0 Å². The van der Waals surface area contributed by atoms with Crippen molar-refractivity contribution in [3.63, 3.8) is 0 Å². The minimum absolute atomic E-state index is 0.0895. The van der Waals surface area contributed by atoms with Crippen LogP contribution in [0.25, 0.3) is 0 Å². The predicted molar refractivity (Wildman–Crippen MR) is 83.9 cm³/mol. The first-order valence-corrected chi connectivity index (χ1v) is 7.53. The number of aromatic carboxylic acids is 1. The molecule has 8 nitrogen and oxygen atoms in total. The number of carboxylic acids is 1. The molecule has 1 aromatic rings. The third-order valence-corrected chi connectivity index (χ3v) is 3.84. The Bertz CT molecular complexity index is 579. The van der Waals surface area contributed by atoms with Crippen molar-refractivity contribution in [1.29, 1.82) is 0 Å². The molecule has 126 valence electrons. The van der Waals surface area contributed by atoms with Gasteiger partial charge in [-0.25, -0.2) is 4.79 Å². The lowest BCUT2D eigenvalue weighted by atomic mass is 9.86. The summed E-state index contributed by atoms with van der Waals surface area (Å²) in [6.07, 6.45) is 3.89. The summed E-state index contributed by atoms with van der Waals surface area (Å²) in [6.45, 7) is 3.85. The molecule has 0 heterocycles. The molecule has 0 bridgehead atoms. The van der Waals surface area contributed by atoms with Gasteiger partial charge in [-0.05, 0) is 18.8 Å². The second-order valence-corrected chi connectivity index (χ2v) is 5.35. The minimum atomic E-state index is -1.39. The maximum absolute atomic E-state index is 11.5. The molecule has 23 heavy (non-hydrogen) atoms. The monoisotopic (exact) mass is 324 g/mol. The number of nitrogens with zero attached hydrogens (tertiary/aromatic N) is 2. The number of carboxylic acid groups (broad SMARTS) is 1. The Kier molecular flexibility index (Phi) is 6.62. The Labute approximate surface area is 133 Å². The number of rotatable bonds is 9. The van der Waals surface area contributed by atoms with Crippen LogP contribution in [-0.2, 0) is 0 Å². The van der Waals surface area contributed by atoms with Gasteiger partial charge in [-0.3, -0.25) is 20.2 Å². The van der Waals surface area contributed by atoms with Gasteiger partial charge < -0.3 is 5.11 Å². The van der Waals surface area contributed by atoms with E-state index in [9.17, 15) is 30.1 Å². The zero-order valence-electron chi connectivity index (χ0n) is 13.2. The maximum Gasteiger partial charge on any atom is 0.336 e. The van der Waals surface area contributed by atoms with Crippen LogP contribution in [0.5, 0.6) is 0 Å². The van der Waals surface area contributed by atoms with E-state index in [4.69, 9.17) is 0 Å². The molecule has 0 fully saturated rings. The average molecular weight is 324 g/mol. The molecule has 0 amide bonds. The number of hydrogen-bond donors (Lipinski definition) is 1. The van der Waals surface area contributed by atoms with Crippen molar-refractivity contribution in [3.05, 3.63) is 43.5 Å². The van der Waals surface area contributed by atoms with Gasteiger partial charge in [0.1, 0.15) is 0 Å². The molecule has 1 rings (SSSR count). The molecule has 0 saturated heterocycles. The average Bonchev–Trinajstić information content (AvgIpc) is 2.50. The van der Waals surface area contributed by atoms with Gasteiger partial charge in [0, 0.05) is 11.6 Å². The van der Waals surface area contributed by atoms with E-state index in [1.54, 1.807) is 0 Å². The van der Waals surface area contributed by atoms with Gasteiger partial charge in [-0.2, -0.15) is 0 Å². The van der Waals surface area contributed by atoms with Crippen molar-refractivity contribution in [2.24, 2.45) is 0 Å². The first kappa shape index (κ1) is 18.5. The van der Waals surface area contributed by atoms with E-state index in [0.717, 1.165) is 31.4 Å². The Morgan fingerprint density at radius 1 is 1.17 bits per heavy atom. The van der Waals surface area contributed by atoms with Crippen LogP contribution in [0.3, 0.4) is 0 Å². The summed E-state index contributed by atoms with van der Waals surface area (Å²) in [5, 5.41) is 31.6. The number of nitro benzene ring substituents is 2. The van der Waals surface area contributed by atoms with Crippen LogP contribution >= 0.6 is 0 Å². The van der Waals surface area contributed by atoms with E-state index in [0.29, 0.717) is 12.8 Å². The molecule has 8 heteroatoms. The lowest BCUT2D eigenvalue weighted by Crippen LogP contribution is -2.11. The molecule has 0 aliphatic carbocycles. The summed E-state index contributed by atoms with van der Waals surface area (Å²) < 4.78 is 0. The molecule has 1 N–H and O–H groups in total. The van der Waals surface area contributed by atoms with Gasteiger partial charge in [0.25, 0.3) is 11.4 Å². The van der Waals surface area contributed by atoms with Gasteiger partial charge in [0.15, 0.2) is 0 Å². The van der Waals surface area contributed by atoms with Crippen LogP contribution in [0.4, 0.5) is 11.4 Å². The molecular formula is C15H20N2O6. The molecule has 1 unspecified atom stereocenters. The molecule has 0 spiro atoms. The Hall–Kier alpha value is -2.51. The fourth-order valence-corrected chi connectivity index (χ4v) is 2.68. The standard InChI is InChI=1S/C15H20N2O6/c1-3-5-6-7-10(4-2)14-12(15(18)19)8-11(16(20)21)9-13(14)17(22)23/h8-10H,3-7H2,1-2H3,(H,18,19). The number of hydrogen-bond acceptors (Lipinski definition) is 5. The summed E-state index contributed by atoms with van der Waals surface area (Å²) in [5.41, 5.74) is -1.33. The van der Waals surface area contributed by atoms with E-state index in [1.807, 2.05) is 13.8 Å². The first-order valence-electron chi connectivity index (χ1n) is 7.53. The van der Waals surface area contributed by atoms with Crippen LogP contribution in [0.1, 0.15) is 67.8 Å². The molecular weight excluding hydrogens is 304 g/mol. The Balaban J connectivity index is 3.49. The van der Waals surface area contributed by atoms with Gasteiger partial charge in [0.2, 0.25) is 0 Å². The predicted octanol–water partition coefficient (Wildman–Crippen LogP) is 4.28. The van der Waals surface area contributed by atoms with Crippen molar-refractivity contribution in [2.45, 2.75) is 51.9 Å². The highest BCUT2D eigenvalue weighted by molar-refractivity contribution is 5.92. The number of unbranched alkanes of at least 4 members (excludes halogenated alkanes) is 2. The zero-order valence-corrected chi connectivity index (χ0v) is 13.2. The highest BCUT2D eigenvalue weighted by Crippen LogP contribution is 2.38. The maximum atomic E-state index is 11.5. The van der Waals surface area contributed by atoms with Gasteiger partial charge in [0.05, 0.1) is 21.5 Å². The van der Waals surface area contributed by atoms with Crippen LogP contribution in [0.2, 0.25) is 0 Å². The highest BCUT2D eigenvalue weighted by Gasteiger charge is 2.31. The smallest absolute Gasteiger partial charge is 0.336 e. The lowest BCUT2D eigenvalue weighted by Gasteiger charge is -2.17. The summed E-state index contributed by atoms with van der Waals surface area (Å²) >= 11 is 0. The molecule has 1 aromatic carbocycles. The SMILES string of the molecule is CCCCCC(CC)c1c(C(=O)O)cc([N+](=O)[O-])cc1[N+](=O)[O-]. The minimum Gasteiger partial charge on any atom is -0.478 e. The summed E-state index contributed by atoms with van der Waals surface area (Å²) in [7, 11) is 0. The quantitative estimate of drug-likeness (QED) is 0.411. The molecule has 0 aliphatic rings. The van der Waals surface area contributed by atoms with Crippen molar-refractivity contribution in [3.8, 4) is 0 Å². The number of nitro groups is 2. The van der Waals surface area contributed by atoms with E-state index in [1.165, 1.54) is 0 Å². The summed E-state index contributed by atoms with van der Waals surface area (Å²) in [4.78, 5) is 32.1. The van der Waals surface area contributed by atoms with Crippen LogP contribution in [0, 0.1) is 20.2 Å².